The number of anilines is 4. The summed E-state index contributed by atoms with van der Waals surface area (Å²) in [4.78, 5) is 26.5. The maximum absolute atomic E-state index is 12.3. The molecule has 31 heavy (non-hydrogen) atoms. The molecule has 166 valence electrons. The van der Waals surface area contributed by atoms with E-state index in [1.165, 1.54) is 24.9 Å². The Morgan fingerprint density at radius 3 is 2.35 bits per heavy atom. The molecule has 2 aromatic carbocycles. The summed E-state index contributed by atoms with van der Waals surface area (Å²) in [6.07, 6.45) is 3.29. The van der Waals surface area contributed by atoms with Gasteiger partial charge in [-0.2, -0.15) is 0 Å². The Morgan fingerprint density at radius 1 is 0.935 bits per heavy atom. The van der Waals surface area contributed by atoms with Crippen molar-refractivity contribution in [2.24, 2.45) is 5.92 Å². The van der Waals surface area contributed by atoms with Gasteiger partial charge in [0.15, 0.2) is 0 Å². The Bertz CT molecular complexity index is 861. The fraction of sp³-hybridized carbons (Fsp3) is 0.417. The van der Waals surface area contributed by atoms with E-state index in [0.717, 1.165) is 24.5 Å². The fourth-order valence-electron chi connectivity index (χ4n) is 3.40. The van der Waals surface area contributed by atoms with E-state index < -0.39 is 6.09 Å². The number of nitrogens with zero attached hydrogens (tertiary/aromatic N) is 1. The van der Waals surface area contributed by atoms with Gasteiger partial charge in [0.1, 0.15) is 0 Å². The van der Waals surface area contributed by atoms with Gasteiger partial charge in [-0.15, -0.1) is 0 Å². The number of piperidine rings is 1. The molecule has 0 radical (unpaired) electrons. The van der Waals surface area contributed by atoms with E-state index in [1.54, 1.807) is 18.2 Å². The lowest BCUT2D eigenvalue weighted by atomic mass is 10.1. The molecule has 0 bridgehead atoms. The molecule has 1 saturated heterocycles. The van der Waals surface area contributed by atoms with Gasteiger partial charge in [0, 0.05) is 35.8 Å². The average Bonchev–Trinajstić information content (AvgIpc) is 2.78. The molecule has 1 aliphatic rings. The van der Waals surface area contributed by atoms with Crippen LogP contribution in [0, 0.1) is 5.92 Å². The topological polar surface area (TPSA) is 82.7 Å². The number of rotatable bonds is 8. The zero-order chi connectivity index (χ0) is 22.1. The molecule has 0 spiro atoms. The van der Waals surface area contributed by atoms with Gasteiger partial charge in [0.25, 0.3) is 0 Å². The lowest BCUT2D eigenvalue weighted by Crippen LogP contribution is -2.29. The van der Waals surface area contributed by atoms with Gasteiger partial charge < -0.3 is 20.3 Å². The van der Waals surface area contributed by atoms with E-state index in [1.807, 2.05) is 32.0 Å². The Balaban J connectivity index is 1.45. The molecule has 0 aliphatic carbocycles. The van der Waals surface area contributed by atoms with E-state index in [9.17, 15) is 9.59 Å². The highest BCUT2D eigenvalue weighted by molar-refractivity contribution is 5.94. The third-order valence-corrected chi connectivity index (χ3v) is 4.98. The van der Waals surface area contributed by atoms with Crippen LogP contribution in [-0.4, -0.2) is 38.2 Å². The van der Waals surface area contributed by atoms with Crippen LogP contribution in [0.2, 0.25) is 0 Å². The van der Waals surface area contributed by atoms with E-state index in [2.05, 4.69) is 33.0 Å². The number of hydrogen-bond donors (Lipinski definition) is 3. The zero-order valence-electron chi connectivity index (χ0n) is 18.3. The van der Waals surface area contributed by atoms with Crippen LogP contribution in [0.15, 0.2) is 48.5 Å². The first-order valence-corrected chi connectivity index (χ1v) is 10.9. The van der Waals surface area contributed by atoms with Crippen LogP contribution in [-0.2, 0) is 9.53 Å². The van der Waals surface area contributed by atoms with Crippen LogP contribution in [0.25, 0.3) is 0 Å². The molecule has 1 fully saturated rings. The van der Waals surface area contributed by atoms with Crippen molar-refractivity contribution in [1.82, 2.24) is 0 Å². The average molecular weight is 425 g/mol. The van der Waals surface area contributed by atoms with Crippen molar-refractivity contribution in [2.45, 2.75) is 33.1 Å². The van der Waals surface area contributed by atoms with Crippen LogP contribution >= 0.6 is 0 Å². The lowest BCUT2D eigenvalue weighted by Gasteiger charge is -2.28. The SMILES string of the molecule is CC(C)COC(=O)Nc1cccc(NCC(=O)Nc2ccc(N3CCCCC3)cc2)c1. The van der Waals surface area contributed by atoms with Gasteiger partial charge >= 0.3 is 6.09 Å². The van der Waals surface area contributed by atoms with Crippen LogP contribution in [0.3, 0.4) is 0 Å². The smallest absolute Gasteiger partial charge is 0.411 e. The molecule has 2 amide bonds. The van der Waals surface area contributed by atoms with Gasteiger partial charge in [0.2, 0.25) is 5.91 Å². The lowest BCUT2D eigenvalue weighted by molar-refractivity contribution is -0.114. The monoisotopic (exact) mass is 424 g/mol. The van der Waals surface area contributed by atoms with E-state index >= 15 is 0 Å². The third kappa shape index (κ3) is 7.51. The van der Waals surface area contributed by atoms with Crippen molar-refractivity contribution in [3.8, 4) is 0 Å². The van der Waals surface area contributed by atoms with Gasteiger partial charge in [0.05, 0.1) is 13.2 Å². The quantitative estimate of drug-likeness (QED) is 0.560. The molecule has 3 N–H and O–H groups in total. The molecule has 1 heterocycles. The highest BCUT2D eigenvalue weighted by atomic mass is 16.5. The molecule has 1 aliphatic heterocycles. The highest BCUT2D eigenvalue weighted by Gasteiger charge is 2.11. The van der Waals surface area contributed by atoms with E-state index in [4.69, 9.17) is 4.74 Å². The summed E-state index contributed by atoms with van der Waals surface area (Å²) in [6.45, 7) is 6.63. The molecule has 0 unspecified atom stereocenters. The first kappa shape index (κ1) is 22.5. The van der Waals surface area contributed by atoms with Crippen LogP contribution in [0.4, 0.5) is 27.5 Å². The molecule has 7 nitrogen and oxygen atoms in total. The molecule has 0 aromatic heterocycles. The number of hydrogen-bond acceptors (Lipinski definition) is 5. The second kappa shape index (κ2) is 11.2. The second-order valence-corrected chi connectivity index (χ2v) is 8.19. The Morgan fingerprint density at radius 2 is 1.65 bits per heavy atom. The number of carbonyl (C=O) groups is 2. The summed E-state index contributed by atoms with van der Waals surface area (Å²) in [5, 5.41) is 8.68. The first-order chi connectivity index (χ1) is 15.0. The minimum absolute atomic E-state index is 0.120. The Labute approximate surface area is 184 Å². The van der Waals surface area contributed by atoms with E-state index in [-0.39, 0.29) is 18.4 Å². The molecule has 0 saturated carbocycles. The van der Waals surface area contributed by atoms with Crippen molar-refractivity contribution in [1.29, 1.82) is 0 Å². The van der Waals surface area contributed by atoms with Crippen molar-refractivity contribution in [2.75, 3.05) is 47.1 Å². The van der Waals surface area contributed by atoms with Crippen LogP contribution in [0.1, 0.15) is 33.1 Å². The largest absolute Gasteiger partial charge is 0.449 e. The third-order valence-electron chi connectivity index (χ3n) is 4.98. The van der Waals surface area contributed by atoms with Crippen LogP contribution in [0.5, 0.6) is 0 Å². The number of amides is 2. The highest BCUT2D eigenvalue weighted by Crippen LogP contribution is 2.22. The second-order valence-electron chi connectivity index (χ2n) is 8.19. The summed E-state index contributed by atoms with van der Waals surface area (Å²) in [5.74, 6) is 0.138. The normalized spacial score (nSPS) is 13.6. The van der Waals surface area contributed by atoms with Crippen molar-refractivity contribution >= 4 is 34.7 Å². The maximum atomic E-state index is 12.3. The van der Waals surface area contributed by atoms with Gasteiger partial charge in [-0.3, -0.25) is 10.1 Å². The number of ether oxygens (including phenoxy) is 1. The summed E-state index contributed by atoms with van der Waals surface area (Å²) in [7, 11) is 0. The molecule has 0 atom stereocenters. The van der Waals surface area contributed by atoms with Gasteiger partial charge in [-0.05, 0) is 67.6 Å². The Hall–Kier alpha value is -3.22. The van der Waals surface area contributed by atoms with Gasteiger partial charge in [-0.25, -0.2) is 4.79 Å². The Kier molecular flexibility index (Phi) is 8.15. The van der Waals surface area contributed by atoms with Crippen molar-refractivity contribution < 1.29 is 14.3 Å². The summed E-state index contributed by atoms with van der Waals surface area (Å²) < 4.78 is 5.12. The van der Waals surface area contributed by atoms with E-state index in [0.29, 0.717) is 12.3 Å². The molecule has 3 rings (SSSR count). The standard InChI is InChI=1S/C24H32N4O3/c1-18(2)17-31-24(30)27-21-8-6-7-20(15-21)25-16-23(29)26-19-9-11-22(12-10-19)28-13-4-3-5-14-28/h6-12,15,18,25H,3-5,13-14,16-17H2,1-2H3,(H,26,29)(H,27,30). The number of nitrogens with one attached hydrogen (secondary N) is 3. The predicted octanol–water partition coefficient (Wildman–Crippen LogP) is 4.93. The molecule has 7 heteroatoms. The van der Waals surface area contributed by atoms with Gasteiger partial charge in [-0.1, -0.05) is 19.9 Å². The summed E-state index contributed by atoms with van der Waals surface area (Å²) in [5.41, 5.74) is 3.31. The summed E-state index contributed by atoms with van der Waals surface area (Å²) in [6, 6.07) is 15.2. The number of benzene rings is 2. The molecule has 2 aromatic rings. The minimum atomic E-state index is -0.489. The predicted molar refractivity (Wildman–Crippen MR) is 126 cm³/mol. The van der Waals surface area contributed by atoms with Crippen molar-refractivity contribution in [3.05, 3.63) is 48.5 Å². The zero-order valence-corrected chi connectivity index (χ0v) is 18.3. The maximum Gasteiger partial charge on any atom is 0.411 e. The fourth-order valence-corrected chi connectivity index (χ4v) is 3.40. The van der Waals surface area contributed by atoms with Crippen molar-refractivity contribution in [3.63, 3.8) is 0 Å². The van der Waals surface area contributed by atoms with Crippen LogP contribution < -0.4 is 20.9 Å². The number of carbonyl (C=O) groups excluding carboxylic acids is 2. The summed E-state index contributed by atoms with van der Waals surface area (Å²) >= 11 is 0. The molecular formula is C24H32N4O3. The molecular weight excluding hydrogens is 392 g/mol. The minimum Gasteiger partial charge on any atom is -0.449 e. The first-order valence-electron chi connectivity index (χ1n) is 10.9.